The first kappa shape index (κ1) is 22.0. The molecule has 6 nitrogen and oxygen atoms in total. The van der Waals surface area contributed by atoms with Crippen LogP contribution < -0.4 is 20.1 Å². The summed E-state index contributed by atoms with van der Waals surface area (Å²) in [6, 6.07) is 14.3. The Morgan fingerprint density at radius 1 is 1.21 bits per heavy atom. The van der Waals surface area contributed by atoms with Crippen molar-refractivity contribution in [2.75, 3.05) is 19.0 Å². The molecule has 0 saturated carbocycles. The zero-order chi connectivity index (χ0) is 19.7. The number of rotatable bonds is 6. The van der Waals surface area contributed by atoms with Gasteiger partial charge in [0.2, 0.25) is 0 Å². The van der Waals surface area contributed by atoms with Crippen LogP contribution in [0.4, 0.5) is 5.69 Å². The third-order valence-electron chi connectivity index (χ3n) is 5.15. The molecule has 0 spiro atoms. The molecule has 7 heteroatoms. The van der Waals surface area contributed by atoms with Gasteiger partial charge in [-0.05, 0) is 36.4 Å². The number of anilines is 1. The predicted molar refractivity (Wildman–Crippen MR) is 111 cm³/mol. The average molecular weight is 407 g/mol. The maximum atomic E-state index is 12.8. The van der Waals surface area contributed by atoms with Crippen molar-refractivity contribution in [3.8, 4) is 11.5 Å². The molecular formula is C21H27ClN2O4. The van der Waals surface area contributed by atoms with Crippen molar-refractivity contribution in [1.29, 1.82) is 0 Å². The summed E-state index contributed by atoms with van der Waals surface area (Å²) in [6.07, 6.45) is 0. The van der Waals surface area contributed by atoms with Gasteiger partial charge in [0, 0.05) is 6.04 Å². The molecule has 2 aromatic rings. The SMILES string of the molecule is CCNC(c1ccc(OC)cc1)C(C)(C)C1(O)Oc2ccccc2NC1=O.Cl. The largest absolute Gasteiger partial charge is 0.497 e. The first-order chi connectivity index (χ1) is 12.8. The highest BCUT2D eigenvalue weighted by atomic mass is 35.5. The molecule has 3 rings (SSSR count). The highest BCUT2D eigenvalue weighted by molar-refractivity contribution is 6.00. The standard InChI is InChI=1S/C21H26N2O4.ClH/c1-5-22-18(14-10-12-15(26-4)13-11-14)20(2,3)21(25)19(24)23-16-8-6-7-9-17(16)27-21;/h6-13,18,22,25H,5H2,1-4H3,(H,23,24);1H. The lowest BCUT2D eigenvalue weighted by molar-refractivity contribution is -0.217. The Bertz CT molecular complexity index is 825. The number of amides is 1. The number of aliphatic hydroxyl groups is 1. The van der Waals surface area contributed by atoms with Crippen LogP contribution in [0.3, 0.4) is 0 Å². The van der Waals surface area contributed by atoms with Gasteiger partial charge in [0.1, 0.15) is 11.5 Å². The molecule has 0 aliphatic carbocycles. The van der Waals surface area contributed by atoms with Crippen LogP contribution in [0.25, 0.3) is 0 Å². The topological polar surface area (TPSA) is 79.8 Å². The minimum atomic E-state index is -2.05. The number of carbonyl (C=O) groups is 1. The summed E-state index contributed by atoms with van der Waals surface area (Å²) >= 11 is 0. The Morgan fingerprint density at radius 3 is 2.46 bits per heavy atom. The number of benzene rings is 2. The first-order valence-electron chi connectivity index (χ1n) is 9.02. The maximum absolute atomic E-state index is 12.8. The van der Waals surface area contributed by atoms with E-state index in [0.29, 0.717) is 18.0 Å². The van der Waals surface area contributed by atoms with Crippen LogP contribution in [0.2, 0.25) is 0 Å². The third-order valence-corrected chi connectivity index (χ3v) is 5.15. The predicted octanol–water partition coefficient (Wildman–Crippen LogP) is 3.51. The van der Waals surface area contributed by atoms with Crippen LogP contribution in [-0.4, -0.2) is 30.5 Å². The Hall–Kier alpha value is -2.28. The summed E-state index contributed by atoms with van der Waals surface area (Å²) < 4.78 is 11.1. The molecule has 1 aliphatic rings. The van der Waals surface area contributed by atoms with Crippen LogP contribution >= 0.6 is 12.4 Å². The normalized spacial score (nSPS) is 19.5. The molecule has 0 radical (unpaired) electrons. The molecule has 0 bridgehead atoms. The van der Waals surface area contributed by atoms with E-state index in [1.54, 1.807) is 31.4 Å². The van der Waals surface area contributed by atoms with E-state index >= 15 is 0 Å². The van der Waals surface area contributed by atoms with Gasteiger partial charge in [-0.3, -0.25) is 4.79 Å². The van der Waals surface area contributed by atoms with Gasteiger partial charge in [0.25, 0.3) is 11.7 Å². The number of hydrogen-bond acceptors (Lipinski definition) is 5. The van der Waals surface area contributed by atoms with E-state index in [0.717, 1.165) is 11.3 Å². The molecule has 1 heterocycles. The molecule has 1 amide bonds. The molecular weight excluding hydrogens is 380 g/mol. The number of halogens is 1. The lowest BCUT2D eigenvalue weighted by Gasteiger charge is -2.47. The van der Waals surface area contributed by atoms with Gasteiger partial charge in [0.05, 0.1) is 18.2 Å². The fourth-order valence-corrected chi connectivity index (χ4v) is 3.48. The van der Waals surface area contributed by atoms with Gasteiger partial charge >= 0.3 is 0 Å². The number of methoxy groups -OCH3 is 1. The number of fused-ring (bicyclic) bond motifs is 1. The van der Waals surface area contributed by atoms with Gasteiger partial charge in [-0.25, -0.2) is 0 Å². The Balaban J connectivity index is 0.00000280. The number of hydrogen-bond donors (Lipinski definition) is 3. The molecule has 0 saturated heterocycles. The number of nitrogens with one attached hydrogen (secondary N) is 2. The van der Waals surface area contributed by atoms with Crippen molar-refractivity contribution in [3.63, 3.8) is 0 Å². The Kier molecular flexibility index (Phi) is 6.59. The van der Waals surface area contributed by atoms with Crippen molar-refractivity contribution in [2.45, 2.75) is 32.6 Å². The molecule has 152 valence electrons. The summed E-state index contributed by atoms with van der Waals surface area (Å²) in [5, 5.41) is 17.5. The average Bonchev–Trinajstić information content (AvgIpc) is 2.67. The van der Waals surface area contributed by atoms with Gasteiger partial charge in [0.15, 0.2) is 0 Å². The summed E-state index contributed by atoms with van der Waals surface area (Å²) in [5.74, 6) is -1.44. The fraction of sp³-hybridized carbons (Fsp3) is 0.381. The van der Waals surface area contributed by atoms with Crippen LogP contribution in [0.15, 0.2) is 48.5 Å². The van der Waals surface area contributed by atoms with E-state index in [1.165, 1.54) is 0 Å². The molecule has 2 atom stereocenters. The highest BCUT2D eigenvalue weighted by Crippen LogP contribution is 2.47. The minimum Gasteiger partial charge on any atom is -0.497 e. The zero-order valence-corrected chi connectivity index (χ0v) is 17.3. The highest BCUT2D eigenvalue weighted by Gasteiger charge is 2.58. The Morgan fingerprint density at radius 2 is 1.86 bits per heavy atom. The number of carbonyl (C=O) groups excluding carboxylic acids is 1. The second-order valence-corrected chi connectivity index (χ2v) is 7.18. The molecule has 0 aromatic heterocycles. The number of ether oxygens (including phenoxy) is 2. The molecule has 1 aliphatic heterocycles. The van der Waals surface area contributed by atoms with Crippen molar-refractivity contribution in [2.24, 2.45) is 5.41 Å². The minimum absolute atomic E-state index is 0. The summed E-state index contributed by atoms with van der Waals surface area (Å²) in [6.45, 7) is 6.28. The molecule has 3 N–H and O–H groups in total. The Labute approximate surface area is 171 Å². The molecule has 2 unspecified atom stereocenters. The molecule has 2 aromatic carbocycles. The van der Waals surface area contributed by atoms with E-state index in [4.69, 9.17) is 9.47 Å². The number of para-hydroxylation sites is 2. The van der Waals surface area contributed by atoms with Crippen LogP contribution in [0.5, 0.6) is 11.5 Å². The van der Waals surface area contributed by atoms with Gasteiger partial charge < -0.3 is 25.2 Å². The van der Waals surface area contributed by atoms with E-state index in [1.807, 2.05) is 45.0 Å². The summed E-state index contributed by atoms with van der Waals surface area (Å²) in [7, 11) is 1.61. The van der Waals surface area contributed by atoms with Crippen molar-refractivity contribution >= 4 is 24.0 Å². The molecule has 28 heavy (non-hydrogen) atoms. The van der Waals surface area contributed by atoms with E-state index in [9.17, 15) is 9.90 Å². The van der Waals surface area contributed by atoms with E-state index in [2.05, 4.69) is 10.6 Å². The maximum Gasteiger partial charge on any atom is 0.297 e. The monoisotopic (exact) mass is 406 g/mol. The lowest BCUT2D eigenvalue weighted by atomic mass is 9.72. The quantitative estimate of drug-likeness (QED) is 0.684. The first-order valence-corrected chi connectivity index (χ1v) is 9.02. The van der Waals surface area contributed by atoms with Gasteiger partial charge in [-0.2, -0.15) is 0 Å². The summed E-state index contributed by atoms with van der Waals surface area (Å²) in [4.78, 5) is 12.8. The second kappa shape index (κ2) is 8.39. The van der Waals surface area contributed by atoms with E-state index < -0.39 is 17.1 Å². The smallest absolute Gasteiger partial charge is 0.297 e. The zero-order valence-electron chi connectivity index (χ0n) is 16.5. The van der Waals surface area contributed by atoms with Crippen LogP contribution in [0.1, 0.15) is 32.4 Å². The van der Waals surface area contributed by atoms with E-state index in [-0.39, 0.29) is 18.4 Å². The van der Waals surface area contributed by atoms with Crippen molar-refractivity contribution in [1.82, 2.24) is 5.32 Å². The van der Waals surface area contributed by atoms with Gasteiger partial charge in [-0.15, -0.1) is 12.4 Å². The fourth-order valence-electron chi connectivity index (χ4n) is 3.48. The van der Waals surface area contributed by atoms with Crippen LogP contribution in [0, 0.1) is 5.41 Å². The second-order valence-electron chi connectivity index (χ2n) is 7.18. The van der Waals surface area contributed by atoms with Crippen LogP contribution in [-0.2, 0) is 4.79 Å². The lowest BCUT2D eigenvalue weighted by Crippen LogP contribution is -2.63. The van der Waals surface area contributed by atoms with Crippen molar-refractivity contribution < 1.29 is 19.4 Å². The molecule has 0 fully saturated rings. The van der Waals surface area contributed by atoms with Crippen molar-refractivity contribution in [3.05, 3.63) is 54.1 Å². The summed E-state index contributed by atoms with van der Waals surface area (Å²) in [5.41, 5.74) is 0.480. The van der Waals surface area contributed by atoms with Gasteiger partial charge in [-0.1, -0.05) is 45.0 Å². The third kappa shape index (κ3) is 3.68.